The number of ether oxygens (including phenoxy) is 1. The van der Waals surface area contributed by atoms with Gasteiger partial charge in [0.2, 0.25) is 0 Å². The second-order valence-corrected chi connectivity index (χ2v) is 11.2. The van der Waals surface area contributed by atoms with Gasteiger partial charge in [-0.05, 0) is 64.6 Å². The Bertz CT molecular complexity index is 2050. The molecule has 242 valence electrons. The molecular weight excluding hydrogens is 621 g/mol. The van der Waals surface area contributed by atoms with Gasteiger partial charge < -0.3 is 20.1 Å². The molecule has 1 atom stereocenters. The Labute approximate surface area is 273 Å². The average molecular weight is 651 g/mol. The molecular formula is C37H29F3N4O4. The number of alkyl halides is 3. The third-order valence-corrected chi connectivity index (χ3v) is 7.83. The number of fused-ring (bicyclic) bond motifs is 1. The molecule has 11 heteroatoms. The molecule has 0 spiro atoms. The number of halogens is 3. The number of aromatic nitrogens is 3. The van der Waals surface area contributed by atoms with E-state index >= 15 is 0 Å². The maximum atomic E-state index is 13.9. The number of nitrogens with zero attached hydrogens (tertiary/aromatic N) is 2. The van der Waals surface area contributed by atoms with Crippen LogP contribution < -0.4 is 10.1 Å². The Kier molecular flexibility index (Phi) is 9.20. The number of imidazole rings is 1. The first-order valence-electron chi connectivity index (χ1n) is 15.0. The fourth-order valence-corrected chi connectivity index (χ4v) is 5.50. The maximum absolute atomic E-state index is 13.9. The molecule has 0 saturated carbocycles. The zero-order valence-corrected chi connectivity index (χ0v) is 25.4. The van der Waals surface area contributed by atoms with Crippen molar-refractivity contribution < 1.29 is 32.6 Å². The number of H-pyrrole nitrogens is 1. The number of carboxylic acid groups (broad SMARTS) is 1. The molecule has 48 heavy (non-hydrogen) atoms. The Morgan fingerprint density at radius 3 is 2.38 bits per heavy atom. The van der Waals surface area contributed by atoms with Gasteiger partial charge in [-0.15, -0.1) is 0 Å². The van der Waals surface area contributed by atoms with Crippen molar-refractivity contribution in [1.29, 1.82) is 0 Å². The summed E-state index contributed by atoms with van der Waals surface area (Å²) in [6, 6.07) is 26.3. The van der Waals surface area contributed by atoms with Crippen molar-refractivity contribution in [2.24, 2.45) is 0 Å². The number of carbonyl (C=O) groups is 2. The molecule has 2 heterocycles. The zero-order chi connectivity index (χ0) is 33.7. The topological polar surface area (TPSA) is 117 Å². The summed E-state index contributed by atoms with van der Waals surface area (Å²) in [6.07, 6.45) is 0.452. The number of hydrogen-bond donors (Lipinski definition) is 3. The highest BCUT2D eigenvalue weighted by atomic mass is 19.4. The minimum atomic E-state index is -4.57. The van der Waals surface area contributed by atoms with Crippen LogP contribution in [-0.4, -0.2) is 38.0 Å². The summed E-state index contributed by atoms with van der Waals surface area (Å²) < 4.78 is 47.9. The molecule has 2 aromatic heterocycles. The normalized spacial score (nSPS) is 12.1. The second-order valence-electron chi connectivity index (χ2n) is 11.2. The van der Waals surface area contributed by atoms with E-state index in [9.17, 15) is 27.9 Å². The van der Waals surface area contributed by atoms with Crippen molar-refractivity contribution in [3.05, 3.63) is 149 Å². The highest BCUT2D eigenvalue weighted by Crippen LogP contribution is 2.39. The number of nitrogens with one attached hydrogen (secondary N) is 2. The predicted octanol–water partition coefficient (Wildman–Crippen LogP) is 7.24. The lowest BCUT2D eigenvalue weighted by molar-refractivity contribution is -0.139. The minimum absolute atomic E-state index is 0.0298. The molecule has 0 aliphatic rings. The number of hydrogen-bond acceptors (Lipinski definition) is 5. The maximum Gasteiger partial charge on any atom is 0.418 e. The standard InChI is InChI=1S/C37H29F3N4O4/c38-37(39,40)31-11-5-10-30-33(27(19-42-34(30)31)16-23-6-2-1-3-7-23)26-8-4-9-29(17-26)48-21-24-12-14-25(15-13-24)35(45)44-32(36(46)47)18-28-20-41-22-43-28/h1-15,17,19-20,22,32H,16,18,21H2,(H,41,43)(H,44,45)(H,46,47)/t32-/m0/s1. The van der Waals surface area contributed by atoms with Crippen LogP contribution in [0.4, 0.5) is 13.2 Å². The van der Waals surface area contributed by atoms with Crippen LogP contribution in [0.3, 0.4) is 0 Å². The van der Waals surface area contributed by atoms with Crippen LogP contribution in [0.25, 0.3) is 22.0 Å². The summed E-state index contributed by atoms with van der Waals surface area (Å²) in [4.78, 5) is 35.5. The summed E-state index contributed by atoms with van der Waals surface area (Å²) in [5, 5.41) is 12.5. The summed E-state index contributed by atoms with van der Waals surface area (Å²) in [5.41, 5.74) is 3.70. The number of pyridine rings is 1. The van der Waals surface area contributed by atoms with E-state index in [-0.39, 0.29) is 24.1 Å². The zero-order valence-electron chi connectivity index (χ0n) is 25.4. The van der Waals surface area contributed by atoms with Crippen molar-refractivity contribution in [2.75, 3.05) is 0 Å². The number of rotatable bonds is 11. The first-order chi connectivity index (χ1) is 23.2. The number of amides is 1. The van der Waals surface area contributed by atoms with Gasteiger partial charge in [0.05, 0.1) is 23.1 Å². The van der Waals surface area contributed by atoms with Gasteiger partial charge in [-0.1, -0.05) is 66.7 Å². The monoisotopic (exact) mass is 650 g/mol. The third kappa shape index (κ3) is 7.36. The van der Waals surface area contributed by atoms with Gasteiger partial charge in [0.15, 0.2) is 0 Å². The average Bonchev–Trinajstić information content (AvgIpc) is 3.60. The van der Waals surface area contributed by atoms with Crippen molar-refractivity contribution in [3.8, 4) is 16.9 Å². The number of benzene rings is 4. The van der Waals surface area contributed by atoms with Crippen molar-refractivity contribution in [2.45, 2.75) is 31.7 Å². The van der Waals surface area contributed by atoms with Crippen LogP contribution in [0.15, 0.2) is 116 Å². The number of para-hydroxylation sites is 1. The molecule has 0 bridgehead atoms. The van der Waals surface area contributed by atoms with Gasteiger partial charge in [-0.25, -0.2) is 9.78 Å². The molecule has 1 amide bonds. The fraction of sp³-hybridized carbons (Fsp3) is 0.135. The highest BCUT2D eigenvalue weighted by Gasteiger charge is 2.33. The Balaban J connectivity index is 1.22. The van der Waals surface area contributed by atoms with E-state index in [0.29, 0.717) is 34.4 Å². The Morgan fingerprint density at radius 1 is 0.896 bits per heavy atom. The number of aromatic amines is 1. The van der Waals surface area contributed by atoms with E-state index in [2.05, 4.69) is 20.3 Å². The van der Waals surface area contributed by atoms with Crippen LogP contribution in [0, 0.1) is 0 Å². The minimum Gasteiger partial charge on any atom is -0.489 e. The van der Waals surface area contributed by atoms with Crippen molar-refractivity contribution in [1.82, 2.24) is 20.3 Å². The Hall–Kier alpha value is -5.97. The van der Waals surface area contributed by atoms with Gasteiger partial charge >= 0.3 is 12.1 Å². The molecule has 0 saturated heterocycles. The second kappa shape index (κ2) is 13.8. The summed E-state index contributed by atoms with van der Waals surface area (Å²) in [6.45, 7) is 0.147. The van der Waals surface area contributed by atoms with E-state index in [1.807, 2.05) is 36.4 Å². The van der Waals surface area contributed by atoms with Gasteiger partial charge in [0, 0.05) is 29.8 Å². The van der Waals surface area contributed by atoms with Crippen LogP contribution in [0.5, 0.6) is 5.75 Å². The number of aliphatic carboxylic acids is 1. The molecule has 4 aromatic carbocycles. The van der Waals surface area contributed by atoms with Gasteiger partial charge in [-0.3, -0.25) is 9.78 Å². The lowest BCUT2D eigenvalue weighted by atomic mass is 9.92. The molecule has 6 rings (SSSR count). The van der Waals surface area contributed by atoms with E-state index in [4.69, 9.17) is 4.74 Å². The molecule has 6 aromatic rings. The first kappa shape index (κ1) is 32.0. The highest BCUT2D eigenvalue weighted by molar-refractivity contribution is 5.98. The number of carboxylic acids is 1. The third-order valence-electron chi connectivity index (χ3n) is 7.83. The first-order valence-corrected chi connectivity index (χ1v) is 15.0. The van der Waals surface area contributed by atoms with Crippen LogP contribution in [0.1, 0.15) is 38.3 Å². The molecule has 3 N–H and O–H groups in total. The van der Waals surface area contributed by atoms with Crippen LogP contribution in [-0.2, 0) is 30.4 Å². The van der Waals surface area contributed by atoms with E-state index in [0.717, 1.165) is 22.8 Å². The van der Waals surface area contributed by atoms with Gasteiger partial charge in [0.25, 0.3) is 5.91 Å². The van der Waals surface area contributed by atoms with Crippen LogP contribution >= 0.6 is 0 Å². The SMILES string of the molecule is O=C(N[C@@H](Cc1c[nH]cn1)C(=O)O)c1ccc(COc2cccc(-c3c(Cc4ccccc4)cnc4c(C(F)(F)F)cccc34)c2)cc1. The summed E-state index contributed by atoms with van der Waals surface area (Å²) in [7, 11) is 0. The van der Waals surface area contributed by atoms with Gasteiger partial charge in [-0.2, -0.15) is 13.2 Å². The summed E-state index contributed by atoms with van der Waals surface area (Å²) >= 11 is 0. The smallest absolute Gasteiger partial charge is 0.418 e. The molecule has 0 fully saturated rings. The fourth-order valence-electron chi connectivity index (χ4n) is 5.50. The van der Waals surface area contributed by atoms with E-state index < -0.39 is 29.7 Å². The van der Waals surface area contributed by atoms with Crippen molar-refractivity contribution in [3.63, 3.8) is 0 Å². The number of carbonyl (C=O) groups excluding carboxylic acids is 1. The van der Waals surface area contributed by atoms with E-state index in [1.54, 1.807) is 54.7 Å². The Morgan fingerprint density at radius 2 is 1.67 bits per heavy atom. The lowest BCUT2D eigenvalue weighted by Gasteiger charge is -2.17. The molecule has 0 aliphatic carbocycles. The van der Waals surface area contributed by atoms with E-state index in [1.165, 1.54) is 18.6 Å². The molecule has 0 aliphatic heterocycles. The molecule has 0 unspecified atom stereocenters. The van der Waals surface area contributed by atoms with Gasteiger partial charge in [0.1, 0.15) is 18.4 Å². The lowest BCUT2D eigenvalue weighted by Crippen LogP contribution is -2.42. The predicted molar refractivity (Wildman–Crippen MR) is 173 cm³/mol. The quantitative estimate of drug-likeness (QED) is 0.136. The van der Waals surface area contributed by atoms with Crippen LogP contribution in [0.2, 0.25) is 0 Å². The van der Waals surface area contributed by atoms with Crippen molar-refractivity contribution >= 4 is 22.8 Å². The summed E-state index contributed by atoms with van der Waals surface area (Å²) in [5.74, 6) is -1.21. The molecule has 0 radical (unpaired) electrons. The molecule has 8 nitrogen and oxygen atoms in total. The largest absolute Gasteiger partial charge is 0.489 e.